The summed E-state index contributed by atoms with van der Waals surface area (Å²) in [5.74, 6) is -0.324. The van der Waals surface area contributed by atoms with Crippen molar-refractivity contribution in [1.82, 2.24) is 10.2 Å². The van der Waals surface area contributed by atoms with Crippen molar-refractivity contribution in [3.63, 3.8) is 0 Å². The Balaban J connectivity index is 2.44. The first-order chi connectivity index (χ1) is 8.09. The van der Waals surface area contributed by atoms with Crippen molar-refractivity contribution in [3.05, 3.63) is 35.9 Å². The van der Waals surface area contributed by atoms with Gasteiger partial charge < -0.3 is 10.4 Å². The maximum atomic E-state index is 11.7. The van der Waals surface area contributed by atoms with Gasteiger partial charge in [0.1, 0.15) is 0 Å². The van der Waals surface area contributed by atoms with E-state index in [9.17, 15) is 14.7 Å². The molecule has 1 unspecified atom stereocenters. The number of rotatable bonds is 3. The molecule has 0 saturated carbocycles. The minimum absolute atomic E-state index is 0.0126. The summed E-state index contributed by atoms with van der Waals surface area (Å²) in [5.41, 5.74) is -0.285. The summed E-state index contributed by atoms with van der Waals surface area (Å²) in [7, 11) is 0. The van der Waals surface area contributed by atoms with Crippen molar-refractivity contribution < 1.29 is 14.7 Å². The highest BCUT2D eigenvalue weighted by molar-refractivity contribution is 6.02. The lowest BCUT2D eigenvalue weighted by atomic mass is 9.91. The fourth-order valence-electron chi connectivity index (χ4n) is 2.01. The van der Waals surface area contributed by atoms with E-state index >= 15 is 0 Å². The molecule has 2 N–H and O–H groups in total. The van der Waals surface area contributed by atoms with Crippen LogP contribution in [-0.2, 0) is 10.3 Å². The predicted octanol–water partition coefficient (Wildman–Crippen LogP) is 0.446. The lowest BCUT2D eigenvalue weighted by Crippen LogP contribution is -2.50. The third-order valence-electron chi connectivity index (χ3n) is 3.04. The molecule has 3 amide bonds. The first-order valence-corrected chi connectivity index (χ1v) is 5.37. The average molecular weight is 234 g/mol. The number of aliphatic hydroxyl groups excluding tert-OH is 1. The van der Waals surface area contributed by atoms with Crippen LogP contribution in [0.5, 0.6) is 0 Å². The largest absolute Gasteiger partial charge is 0.394 e. The first kappa shape index (κ1) is 11.6. The van der Waals surface area contributed by atoms with Gasteiger partial charge >= 0.3 is 6.03 Å². The van der Waals surface area contributed by atoms with Gasteiger partial charge in [-0.1, -0.05) is 30.3 Å². The van der Waals surface area contributed by atoms with Gasteiger partial charge in [-0.3, -0.25) is 9.69 Å². The number of hydrogen-bond acceptors (Lipinski definition) is 3. The third kappa shape index (κ3) is 1.78. The van der Waals surface area contributed by atoms with E-state index in [0.717, 1.165) is 10.5 Å². The van der Waals surface area contributed by atoms with Crippen molar-refractivity contribution in [2.24, 2.45) is 0 Å². The maximum absolute atomic E-state index is 11.7. The Morgan fingerprint density at radius 3 is 2.47 bits per heavy atom. The van der Waals surface area contributed by atoms with E-state index in [4.69, 9.17) is 0 Å². The second-order valence-electron chi connectivity index (χ2n) is 4.19. The van der Waals surface area contributed by atoms with E-state index in [1.807, 2.05) is 18.2 Å². The molecular formula is C12H14N2O3. The molecule has 1 aliphatic heterocycles. The summed E-state index contributed by atoms with van der Waals surface area (Å²) < 4.78 is 0. The smallest absolute Gasteiger partial charge is 0.325 e. The molecule has 5 nitrogen and oxygen atoms in total. The molecule has 2 rings (SSSR count). The number of imide groups is 1. The van der Waals surface area contributed by atoms with Crippen LogP contribution in [0, 0.1) is 0 Å². The Kier molecular flexibility index (Phi) is 2.85. The standard InChI is InChI=1S/C12H14N2O3/c1-12(8-15,9-5-3-2-4-6-9)14-10(16)7-13-11(14)17/h2-6,15H,7-8H2,1H3,(H,13,17). The number of nitrogens with one attached hydrogen (secondary N) is 1. The van der Waals surface area contributed by atoms with Crippen LogP contribution >= 0.6 is 0 Å². The van der Waals surface area contributed by atoms with Crippen molar-refractivity contribution in [1.29, 1.82) is 0 Å². The highest BCUT2D eigenvalue weighted by atomic mass is 16.3. The second kappa shape index (κ2) is 4.18. The van der Waals surface area contributed by atoms with Gasteiger partial charge in [0.05, 0.1) is 18.7 Å². The van der Waals surface area contributed by atoms with Crippen LogP contribution in [0.2, 0.25) is 0 Å². The Bertz CT molecular complexity index is 430. The molecule has 0 bridgehead atoms. The van der Waals surface area contributed by atoms with Crippen LogP contribution in [0.25, 0.3) is 0 Å². The van der Waals surface area contributed by atoms with Crippen molar-refractivity contribution in [3.8, 4) is 0 Å². The lowest BCUT2D eigenvalue weighted by Gasteiger charge is -2.35. The van der Waals surface area contributed by atoms with Crippen molar-refractivity contribution >= 4 is 11.9 Å². The zero-order valence-corrected chi connectivity index (χ0v) is 9.51. The van der Waals surface area contributed by atoms with Gasteiger partial charge in [0, 0.05) is 0 Å². The van der Waals surface area contributed by atoms with Crippen LogP contribution in [0.3, 0.4) is 0 Å². The highest BCUT2D eigenvalue weighted by Gasteiger charge is 2.44. The molecule has 0 radical (unpaired) electrons. The molecule has 1 saturated heterocycles. The van der Waals surface area contributed by atoms with Gasteiger partial charge in [0.2, 0.25) is 0 Å². The van der Waals surface area contributed by atoms with Crippen LogP contribution in [-0.4, -0.2) is 35.1 Å². The molecule has 1 aromatic rings. The Hall–Kier alpha value is -1.88. The molecule has 1 heterocycles. The van der Waals surface area contributed by atoms with Gasteiger partial charge in [-0.05, 0) is 12.5 Å². The van der Waals surface area contributed by atoms with Crippen molar-refractivity contribution in [2.75, 3.05) is 13.2 Å². The molecule has 17 heavy (non-hydrogen) atoms. The predicted molar refractivity (Wildman–Crippen MR) is 61.1 cm³/mol. The van der Waals surface area contributed by atoms with Gasteiger partial charge in [0.25, 0.3) is 5.91 Å². The normalized spacial score (nSPS) is 19.1. The monoisotopic (exact) mass is 234 g/mol. The van der Waals surface area contributed by atoms with Gasteiger partial charge in [0.15, 0.2) is 0 Å². The zero-order valence-electron chi connectivity index (χ0n) is 9.51. The minimum Gasteiger partial charge on any atom is -0.394 e. The third-order valence-corrected chi connectivity index (χ3v) is 3.04. The fourth-order valence-corrected chi connectivity index (χ4v) is 2.01. The zero-order chi connectivity index (χ0) is 12.5. The quantitative estimate of drug-likeness (QED) is 0.746. The average Bonchev–Trinajstić information content (AvgIpc) is 2.70. The molecule has 1 atom stereocenters. The molecule has 0 aliphatic carbocycles. The number of hydrogen-bond donors (Lipinski definition) is 2. The summed E-state index contributed by atoms with van der Waals surface area (Å²) >= 11 is 0. The first-order valence-electron chi connectivity index (χ1n) is 5.37. The van der Waals surface area contributed by atoms with E-state index in [0.29, 0.717) is 0 Å². The van der Waals surface area contributed by atoms with Crippen LogP contribution in [0.4, 0.5) is 4.79 Å². The molecule has 1 fully saturated rings. The molecule has 90 valence electrons. The molecule has 0 spiro atoms. The van der Waals surface area contributed by atoms with E-state index in [-0.39, 0.29) is 19.1 Å². The Morgan fingerprint density at radius 1 is 1.35 bits per heavy atom. The van der Waals surface area contributed by atoms with Crippen LogP contribution in [0.1, 0.15) is 12.5 Å². The second-order valence-corrected chi connectivity index (χ2v) is 4.19. The SMILES string of the molecule is CC(CO)(c1ccccc1)N1C(=O)CNC1=O. The number of amides is 3. The topological polar surface area (TPSA) is 69.6 Å². The summed E-state index contributed by atoms with van der Waals surface area (Å²) in [4.78, 5) is 24.4. The van der Waals surface area contributed by atoms with E-state index in [1.165, 1.54) is 0 Å². The highest BCUT2D eigenvalue weighted by Crippen LogP contribution is 2.29. The molecular weight excluding hydrogens is 220 g/mol. The van der Waals surface area contributed by atoms with Crippen LogP contribution in [0.15, 0.2) is 30.3 Å². The van der Waals surface area contributed by atoms with Gasteiger partial charge in [-0.25, -0.2) is 4.79 Å². The molecule has 1 aliphatic rings. The van der Waals surface area contributed by atoms with Crippen molar-refractivity contribution in [2.45, 2.75) is 12.5 Å². The summed E-state index contributed by atoms with van der Waals surface area (Å²) in [6, 6.07) is 8.57. The summed E-state index contributed by atoms with van der Waals surface area (Å²) in [5, 5.41) is 12.0. The minimum atomic E-state index is -1.01. The summed E-state index contributed by atoms with van der Waals surface area (Å²) in [6.45, 7) is 1.35. The number of nitrogens with zero attached hydrogens (tertiary/aromatic N) is 1. The summed E-state index contributed by atoms with van der Waals surface area (Å²) in [6.07, 6.45) is 0. The molecule has 0 aromatic heterocycles. The van der Waals surface area contributed by atoms with Crippen LogP contribution < -0.4 is 5.32 Å². The van der Waals surface area contributed by atoms with E-state index in [2.05, 4.69) is 5.32 Å². The van der Waals surface area contributed by atoms with E-state index in [1.54, 1.807) is 19.1 Å². The number of benzene rings is 1. The Morgan fingerprint density at radius 2 is 2.00 bits per heavy atom. The van der Waals surface area contributed by atoms with Gasteiger partial charge in [-0.15, -0.1) is 0 Å². The number of aliphatic hydroxyl groups is 1. The fraction of sp³-hybridized carbons (Fsp3) is 0.333. The molecule has 1 aromatic carbocycles. The van der Waals surface area contributed by atoms with Gasteiger partial charge in [-0.2, -0.15) is 0 Å². The Labute approximate surface area is 99.0 Å². The molecule has 5 heteroatoms. The number of urea groups is 1. The van der Waals surface area contributed by atoms with E-state index < -0.39 is 11.6 Å². The number of carbonyl (C=O) groups is 2. The lowest BCUT2D eigenvalue weighted by molar-refractivity contribution is -0.130. The maximum Gasteiger partial charge on any atom is 0.325 e. The number of carbonyl (C=O) groups excluding carboxylic acids is 2.